The van der Waals surface area contributed by atoms with Crippen molar-refractivity contribution in [3.05, 3.63) is 57.2 Å². The summed E-state index contributed by atoms with van der Waals surface area (Å²) in [5.74, 6) is 0.278. The van der Waals surface area contributed by atoms with E-state index in [4.69, 9.17) is 11.6 Å². The molecular formula is C14H13ClOS. The van der Waals surface area contributed by atoms with Crippen molar-refractivity contribution in [3.8, 4) is 0 Å². The van der Waals surface area contributed by atoms with Crippen LogP contribution in [0.1, 0.15) is 16.9 Å². The van der Waals surface area contributed by atoms with Gasteiger partial charge < -0.3 is 0 Å². The van der Waals surface area contributed by atoms with Gasteiger partial charge in [0.15, 0.2) is 0 Å². The number of hydrogen-bond acceptors (Lipinski definition) is 2. The second kappa shape index (κ2) is 5.99. The Morgan fingerprint density at radius 1 is 1.18 bits per heavy atom. The Morgan fingerprint density at radius 3 is 2.59 bits per heavy atom. The lowest BCUT2D eigenvalue weighted by molar-refractivity contribution is -0.118. The van der Waals surface area contributed by atoms with Gasteiger partial charge in [-0.15, -0.1) is 11.3 Å². The van der Waals surface area contributed by atoms with Crippen LogP contribution in [0.2, 0.25) is 5.02 Å². The predicted octanol–water partition coefficient (Wildman–Crippen LogP) is 4.15. The molecule has 2 rings (SSSR count). The SMILES string of the molecule is O=C(CCc1cccs1)Cc1ccc(Cl)cc1. The lowest BCUT2D eigenvalue weighted by Gasteiger charge is -2.01. The summed E-state index contributed by atoms with van der Waals surface area (Å²) in [6.07, 6.45) is 1.97. The number of hydrogen-bond donors (Lipinski definition) is 0. The summed E-state index contributed by atoms with van der Waals surface area (Å²) in [6.45, 7) is 0. The highest BCUT2D eigenvalue weighted by molar-refractivity contribution is 7.09. The van der Waals surface area contributed by atoms with Crippen molar-refractivity contribution in [2.75, 3.05) is 0 Å². The number of rotatable bonds is 5. The fourth-order valence-electron chi connectivity index (χ4n) is 1.64. The molecular weight excluding hydrogens is 252 g/mol. The second-order valence-electron chi connectivity index (χ2n) is 3.92. The minimum Gasteiger partial charge on any atom is -0.299 e. The monoisotopic (exact) mass is 264 g/mol. The van der Waals surface area contributed by atoms with Crippen LogP contribution in [0.5, 0.6) is 0 Å². The first-order valence-corrected chi connectivity index (χ1v) is 6.78. The Kier molecular flexibility index (Phi) is 4.35. The van der Waals surface area contributed by atoms with E-state index in [1.165, 1.54) is 4.88 Å². The number of halogens is 1. The fourth-order valence-corrected chi connectivity index (χ4v) is 2.47. The molecule has 0 radical (unpaired) electrons. The van der Waals surface area contributed by atoms with E-state index in [9.17, 15) is 4.79 Å². The van der Waals surface area contributed by atoms with Crippen LogP contribution in [0.3, 0.4) is 0 Å². The van der Waals surface area contributed by atoms with Crippen molar-refractivity contribution in [2.24, 2.45) is 0 Å². The summed E-state index contributed by atoms with van der Waals surface area (Å²) in [4.78, 5) is 13.0. The number of carbonyl (C=O) groups excluding carboxylic acids is 1. The van der Waals surface area contributed by atoms with E-state index in [2.05, 4.69) is 6.07 Å². The number of aryl methyl sites for hydroxylation is 1. The Bertz CT molecular complexity index is 473. The third-order valence-electron chi connectivity index (χ3n) is 2.54. The summed E-state index contributed by atoms with van der Waals surface area (Å²) in [7, 11) is 0. The minimum absolute atomic E-state index is 0.278. The van der Waals surface area contributed by atoms with Crippen molar-refractivity contribution in [2.45, 2.75) is 19.3 Å². The van der Waals surface area contributed by atoms with Crippen LogP contribution in [-0.2, 0) is 17.6 Å². The van der Waals surface area contributed by atoms with Crippen LogP contribution in [0.15, 0.2) is 41.8 Å². The van der Waals surface area contributed by atoms with E-state index in [0.29, 0.717) is 17.9 Å². The van der Waals surface area contributed by atoms with Gasteiger partial charge >= 0.3 is 0 Å². The van der Waals surface area contributed by atoms with Crippen molar-refractivity contribution in [1.29, 1.82) is 0 Å². The molecule has 0 bridgehead atoms. The summed E-state index contributed by atoms with van der Waals surface area (Å²) in [5.41, 5.74) is 1.03. The van der Waals surface area contributed by atoms with Crippen LogP contribution < -0.4 is 0 Å². The molecule has 1 heterocycles. The Labute approximate surface area is 110 Å². The number of ketones is 1. The molecule has 0 amide bonds. The topological polar surface area (TPSA) is 17.1 Å². The molecule has 0 aliphatic heterocycles. The van der Waals surface area contributed by atoms with Crippen molar-refractivity contribution >= 4 is 28.7 Å². The molecule has 3 heteroatoms. The Balaban J connectivity index is 1.83. The first-order valence-electron chi connectivity index (χ1n) is 5.52. The maximum absolute atomic E-state index is 11.8. The Morgan fingerprint density at radius 2 is 1.94 bits per heavy atom. The van der Waals surface area contributed by atoms with Crippen LogP contribution in [0, 0.1) is 0 Å². The summed E-state index contributed by atoms with van der Waals surface area (Å²) >= 11 is 7.50. The van der Waals surface area contributed by atoms with E-state index in [-0.39, 0.29) is 5.78 Å². The number of thiophene rings is 1. The highest BCUT2D eigenvalue weighted by Crippen LogP contribution is 2.13. The molecule has 0 N–H and O–H groups in total. The van der Waals surface area contributed by atoms with Gasteiger partial charge in [-0.2, -0.15) is 0 Å². The first kappa shape index (κ1) is 12.3. The van der Waals surface area contributed by atoms with Gasteiger partial charge in [0.05, 0.1) is 0 Å². The average Bonchev–Trinajstić information content (AvgIpc) is 2.83. The minimum atomic E-state index is 0.278. The quantitative estimate of drug-likeness (QED) is 0.793. The van der Waals surface area contributed by atoms with Crippen LogP contribution in [0.25, 0.3) is 0 Å². The molecule has 17 heavy (non-hydrogen) atoms. The zero-order valence-electron chi connectivity index (χ0n) is 9.36. The van der Waals surface area contributed by atoms with Gasteiger partial charge in [-0.1, -0.05) is 29.8 Å². The molecule has 0 aliphatic carbocycles. The van der Waals surface area contributed by atoms with Crippen LogP contribution in [0.4, 0.5) is 0 Å². The zero-order valence-corrected chi connectivity index (χ0v) is 10.9. The summed E-state index contributed by atoms with van der Waals surface area (Å²) in [6, 6.07) is 11.5. The largest absolute Gasteiger partial charge is 0.299 e. The van der Waals surface area contributed by atoms with Crippen molar-refractivity contribution < 1.29 is 4.79 Å². The van der Waals surface area contributed by atoms with Gasteiger partial charge in [-0.3, -0.25) is 4.79 Å². The molecule has 0 spiro atoms. The molecule has 1 aromatic heterocycles. The van der Waals surface area contributed by atoms with E-state index >= 15 is 0 Å². The number of benzene rings is 1. The smallest absolute Gasteiger partial charge is 0.137 e. The van der Waals surface area contributed by atoms with E-state index in [1.807, 2.05) is 35.7 Å². The molecule has 0 saturated carbocycles. The van der Waals surface area contributed by atoms with Gasteiger partial charge in [0.1, 0.15) is 5.78 Å². The van der Waals surface area contributed by atoms with Crippen molar-refractivity contribution in [3.63, 3.8) is 0 Å². The highest BCUT2D eigenvalue weighted by Gasteiger charge is 2.04. The third-order valence-corrected chi connectivity index (χ3v) is 3.73. The Hall–Kier alpha value is -1.12. The highest BCUT2D eigenvalue weighted by atomic mass is 35.5. The number of Topliss-reactive ketones (excluding diaryl/α,β-unsaturated/α-hetero) is 1. The summed E-state index contributed by atoms with van der Waals surface area (Å²) < 4.78 is 0. The fraction of sp³-hybridized carbons (Fsp3) is 0.214. The lowest BCUT2D eigenvalue weighted by Crippen LogP contribution is -2.03. The van der Waals surface area contributed by atoms with Crippen molar-refractivity contribution in [1.82, 2.24) is 0 Å². The molecule has 0 saturated heterocycles. The van der Waals surface area contributed by atoms with Gasteiger partial charge in [0.25, 0.3) is 0 Å². The average molecular weight is 265 g/mol. The van der Waals surface area contributed by atoms with Crippen LogP contribution in [-0.4, -0.2) is 5.78 Å². The molecule has 0 aliphatic rings. The lowest BCUT2D eigenvalue weighted by atomic mass is 10.1. The molecule has 1 aromatic carbocycles. The van der Waals surface area contributed by atoms with E-state index in [1.54, 1.807) is 11.3 Å². The standard InChI is InChI=1S/C14H13ClOS/c15-12-5-3-11(4-6-12)10-13(16)7-8-14-2-1-9-17-14/h1-6,9H,7-8,10H2. The molecule has 2 aromatic rings. The third kappa shape index (κ3) is 3.99. The normalized spacial score (nSPS) is 10.4. The maximum atomic E-state index is 11.8. The summed E-state index contributed by atoms with van der Waals surface area (Å²) in [5, 5.41) is 2.75. The second-order valence-corrected chi connectivity index (χ2v) is 5.39. The molecule has 0 fully saturated rings. The predicted molar refractivity (Wildman–Crippen MR) is 72.8 cm³/mol. The molecule has 88 valence electrons. The van der Waals surface area contributed by atoms with Gasteiger partial charge in [-0.25, -0.2) is 0 Å². The molecule has 0 atom stereocenters. The van der Waals surface area contributed by atoms with Gasteiger partial charge in [-0.05, 0) is 35.6 Å². The van der Waals surface area contributed by atoms with E-state index in [0.717, 1.165) is 12.0 Å². The number of carbonyl (C=O) groups is 1. The van der Waals surface area contributed by atoms with E-state index < -0.39 is 0 Å². The maximum Gasteiger partial charge on any atom is 0.137 e. The first-order chi connectivity index (χ1) is 8.24. The molecule has 1 nitrogen and oxygen atoms in total. The van der Waals surface area contributed by atoms with Gasteiger partial charge in [0.2, 0.25) is 0 Å². The molecule has 0 unspecified atom stereocenters. The van der Waals surface area contributed by atoms with Crippen LogP contribution >= 0.6 is 22.9 Å². The van der Waals surface area contributed by atoms with Gasteiger partial charge in [0, 0.05) is 22.7 Å². The zero-order chi connectivity index (χ0) is 12.1.